The van der Waals surface area contributed by atoms with Gasteiger partial charge in [-0.3, -0.25) is 5.10 Å². The lowest BCUT2D eigenvalue weighted by molar-refractivity contribution is 0.0692. The number of fused-ring (bicyclic) bond motifs is 1. The zero-order chi connectivity index (χ0) is 13.4. The summed E-state index contributed by atoms with van der Waals surface area (Å²) in [6, 6.07) is 9.61. The summed E-state index contributed by atoms with van der Waals surface area (Å²) < 4.78 is 13.3. The van der Waals surface area contributed by atoms with Crippen LogP contribution in [-0.4, -0.2) is 21.3 Å². The number of nitrogens with one attached hydrogen (secondary N) is 1. The molecule has 0 unspecified atom stereocenters. The van der Waals surface area contributed by atoms with Gasteiger partial charge in [0.1, 0.15) is 5.82 Å². The first-order valence-electron chi connectivity index (χ1n) is 5.61. The quantitative estimate of drug-likeness (QED) is 0.740. The number of aromatic carboxylic acids is 1. The van der Waals surface area contributed by atoms with E-state index in [0.29, 0.717) is 5.56 Å². The normalized spacial score (nSPS) is 10.8. The first-order valence-corrected chi connectivity index (χ1v) is 5.61. The Morgan fingerprint density at radius 2 is 1.89 bits per heavy atom. The molecule has 0 saturated carbocycles. The summed E-state index contributed by atoms with van der Waals surface area (Å²) in [5, 5.41) is 16.6. The number of hydrogen-bond acceptors (Lipinski definition) is 2. The van der Waals surface area contributed by atoms with Crippen molar-refractivity contribution >= 4 is 16.9 Å². The number of aromatic amines is 1. The molecule has 0 amide bonds. The van der Waals surface area contributed by atoms with E-state index in [1.807, 2.05) is 18.2 Å². The zero-order valence-electron chi connectivity index (χ0n) is 9.72. The van der Waals surface area contributed by atoms with Crippen LogP contribution < -0.4 is 0 Å². The lowest BCUT2D eigenvalue weighted by Gasteiger charge is -2.04. The molecule has 4 nitrogen and oxygen atoms in total. The van der Waals surface area contributed by atoms with Gasteiger partial charge in [-0.15, -0.1) is 0 Å². The smallest absolute Gasteiger partial charge is 0.338 e. The van der Waals surface area contributed by atoms with Crippen molar-refractivity contribution in [2.24, 2.45) is 0 Å². The molecule has 2 aromatic carbocycles. The SMILES string of the molecule is O=C(O)c1cc(-c2ccc3[nH]ncc3c2)ccc1F. The second kappa shape index (κ2) is 4.20. The van der Waals surface area contributed by atoms with Crippen LogP contribution in [0.3, 0.4) is 0 Å². The van der Waals surface area contributed by atoms with E-state index < -0.39 is 11.8 Å². The van der Waals surface area contributed by atoms with E-state index in [1.165, 1.54) is 12.1 Å². The van der Waals surface area contributed by atoms with Gasteiger partial charge in [0.2, 0.25) is 0 Å². The fourth-order valence-corrected chi connectivity index (χ4v) is 1.99. The molecule has 0 fully saturated rings. The van der Waals surface area contributed by atoms with Gasteiger partial charge < -0.3 is 5.11 Å². The third-order valence-electron chi connectivity index (χ3n) is 2.97. The Kier molecular flexibility index (Phi) is 2.52. The number of benzene rings is 2. The van der Waals surface area contributed by atoms with E-state index in [4.69, 9.17) is 5.11 Å². The Labute approximate surface area is 107 Å². The highest BCUT2D eigenvalue weighted by atomic mass is 19.1. The molecular weight excluding hydrogens is 247 g/mol. The van der Waals surface area contributed by atoms with Gasteiger partial charge in [0, 0.05) is 5.39 Å². The summed E-state index contributed by atoms with van der Waals surface area (Å²) in [7, 11) is 0. The van der Waals surface area contributed by atoms with Crippen molar-refractivity contribution in [1.82, 2.24) is 10.2 Å². The van der Waals surface area contributed by atoms with Gasteiger partial charge in [-0.05, 0) is 35.4 Å². The van der Waals surface area contributed by atoms with Gasteiger partial charge in [-0.2, -0.15) is 5.10 Å². The zero-order valence-corrected chi connectivity index (χ0v) is 9.72. The highest BCUT2D eigenvalue weighted by molar-refractivity contribution is 5.91. The minimum Gasteiger partial charge on any atom is -0.478 e. The maximum absolute atomic E-state index is 13.3. The van der Waals surface area contributed by atoms with Crippen LogP contribution in [0, 0.1) is 5.82 Å². The minimum absolute atomic E-state index is 0.329. The van der Waals surface area contributed by atoms with Crippen LogP contribution >= 0.6 is 0 Å². The van der Waals surface area contributed by atoms with E-state index >= 15 is 0 Å². The van der Waals surface area contributed by atoms with Gasteiger partial charge >= 0.3 is 5.97 Å². The molecule has 0 spiro atoms. The van der Waals surface area contributed by atoms with Gasteiger partial charge in [0.15, 0.2) is 0 Å². The molecule has 3 rings (SSSR count). The Bertz CT molecular complexity index is 780. The highest BCUT2D eigenvalue weighted by Crippen LogP contribution is 2.25. The van der Waals surface area contributed by atoms with Crippen molar-refractivity contribution in [2.45, 2.75) is 0 Å². The molecule has 0 radical (unpaired) electrons. The fraction of sp³-hybridized carbons (Fsp3) is 0. The van der Waals surface area contributed by atoms with Crippen LogP contribution in [-0.2, 0) is 0 Å². The molecule has 0 aliphatic rings. The van der Waals surface area contributed by atoms with Crippen LogP contribution in [0.1, 0.15) is 10.4 Å². The second-order valence-corrected chi connectivity index (χ2v) is 4.17. The summed E-state index contributed by atoms with van der Waals surface area (Å²) in [6.07, 6.45) is 1.68. The Morgan fingerprint density at radius 3 is 2.68 bits per heavy atom. The number of nitrogens with zero attached hydrogens (tertiary/aromatic N) is 1. The largest absolute Gasteiger partial charge is 0.478 e. The number of halogens is 1. The monoisotopic (exact) mass is 256 g/mol. The van der Waals surface area contributed by atoms with E-state index in [9.17, 15) is 9.18 Å². The topological polar surface area (TPSA) is 66.0 Å². The molecule has 0 bridgehead atoms. The number of hydrogen-bond donors (Lipinski definition) is 2. The van der Waals surface area contributed by atoms with Crippen LogP contribution in [0.25, 0.3) is 22.0 Å². The molecule has 1 aromatic heterocycles. The summed E-state index contributed by atoms with van der Waals surface area (Å²) >= 11 is 0. The summed E-state index contributed by atoms with van der Waals surface area (Å²) in [5.41, 5.74) is 2.03. The Morgan fingerprint density at radius 1 is 1.16 bits per heavy atom. The number of aromatic nitrogens is 2. The van der Waals surface area contributed by atoms with E-state index in [0.717, 1.165) is 16.5 Å². The van der Waals surface area contributed by atoms with Crippen molar-refractivity contribution in [2.75, 3.05) is 0 Å². The standard InChI is InChI=1S/C14H9FN2O2/c15-12-3-1-9(6-11(12)14(18)19)8-2-4-13-10(5-8)7-16-17-13/h1-7H,(H,16,17)(H,18,19). The third-order valence-corrected chi connectivity index (χ3v) is 2.97. The van der Waals surface area contributed by atoms with Crippen LogP contribution in [0.2, 0.25) is 0 Å². The number of carboxylic acid groups (broad SMARTS) is 1. The van der Waals surface area contributed by atoms with Gasteiger partial charge in [0.05, 0.1) is 17.3 Å². The second-order valence-electron chi connectivity index (χ2n) is 4.17. The molecule has 94 valence electrons. The van der Waals surface area contributed by atoms with E-state index in [1.54, 1.807) is 12.3 Å². The summed E-state index contributed by atoms with van der Waals surface area (Å²) in [5.74, 6) is -2.01. The lowest BCUT2D eigenvalue weighted by atomic mass is 10.0. The first kappa shape index (κ1) is 11.4. The molecule has 0 aliphatic heterocycles. The van der Waals surface area contributed by atoms with Gasteiger partial charge in [-0.1, -0.05) is 12.1 Å². The lowest BCUT2D eigenvalue weighted by Crippen LogP contribution is -2.00. The predicted octanol–water partition coefficient (Wildman–Crippen LogP) is 3.07. The van der Waals surface area contributed by atoms with Crippen LogP contribution in [0.5, 0.6) is 0 Å². The van der Waals surface area contributed by atoms with Gasteiger partial charge in [-0.25, -0.2) is 9.18 Å². The summed E-state index contributed by atoms with van der Waals surface area (Å²) in [6.45, 7) is 0. The Balaban J connectivity index is 2.15. The van der Waals surface area contributed by atoms with Gasteiger partial charge in [0.25, 0.3) is 0 Å². The van der Waals surface area contributed by atoms with Crippen molar-refractivity contribution in [3.05, 3.63) is 54.0 Å². The van der Waals surface area contributed by atoms with Crippen molar-refractivity contribution in [3.8, 4) is 11.1 Å². The van der Waals surface area contributed by atoms with E-state index in [-0.39, 0.29) is 5.56 Å². The number of carboxylic acids is 1. The molecule has 5 heteroatoms. The average molecular weight is 256 g/mol. The molecule has 0 saturated heterocycles. The van der Waals surface area contributed by atoms with Crippen molar-refractivity contribution in [3.63, 3.8) is 0 Å². The highest BCUT2D eigenvalue weighted by Gasteiger charge is 2.11. The first-order chi connectivity index (χ1) is 9.15. The number of carbonyl (C=O) groups is 1. The molecule has 1 heterocycles. The van der Waals surface area contributed by atoms with Crippen molar-refractivity contribution in [1.29, 1.82) is 0 Å². The molecule has 0 aliphatic carbocycles. The number of H-pyrrole nitrogens is 1. The van der Waals surface area contributed by atoms with E-state index in [2.05, 4.69) is 10.2 Å². The molecule has 19 heavy (non-hydrogen) atoms. The van der Waals surface area contributed by atoms with Crippen LogP contribution in [0.15, 0.2) is 42.6 Å². The Hall–Kier alpha value is -2.69. The molecule has 0 atom stereocenters. The third kappa shape index (κ3) is 1.95. The maximum Gasteiger partial charge on any atom is 0.338 e. The maximum atomic E-state index is 13.3. The van der Waals surface area contributed by atoms with Crippen molar-refractivity contribution < 1.29 is 14.3 Å². The average Bonchev–Trinajstić information content (AvgIpc) is 2.86. The predicted molar refractivity (Wildman–Crippen MR) is 68.4 cm³/mol. The molecule has 2 N–H and O–H groups in total. The van der Waals surface area contributed by atoms with Crippen LogP contribution in [0.4, 0.5) is 4.39 Å². The summed E-state index contributed by atoms with van der Waals surface area (Å²) in [4.78, 5) is 10.9. The molecule has 3 aromatic rings. The minimum atomic E-state index is -1.27. The fourth-order valence-electron chi connectivity index (χ4n) is 1.99. The molecular formula is C14H9FN2O2. The number of rotatable bonds is 2.